The third-order valence-electron chi connectivity index (χ3n) is 0.405. The Morgan fingerprint density at radius 2 is 1.78 bits per heavy atom. The van der Waals surface area contributed by atoms with E-state index in [1.54, 1.807) is 0 Å². The van der Waals surface area contributed by atoms with Crippen LogP contribution in [0.4, 0.5) is 0 Å². The molecule has 0 amide bonds. The molecular weight excluding hydrogens is 194 g/mol. The third-order valence-corrected chi connectivity index (χ3v) is 1.60. The van der Waals surface area contributed by atoms with E-state index in [0.717, 1.165) is 0 Å². The van der Waals surface area contributed by atoms with Crippen molar-refractivity contribution >= 4 is 95.9 Å². The fourth-order valence-electron chi connectivity index (χ4n) is 0.208. The van der Waals surface area contributed by atoms with Gasteiger partial charge in [0.2, 0.25) is 0 Å². The Labute approximate surface area is 113 Å². The van der Waals surface area contributed by atoms with Gasteiger partial charge in [0.05, 0.1) is 0 Å². The minimum atomic E-state index is 0. The molecule has 0 spiro atoms. The first-order valence-corrected chi connectivity index (χ1v) is 3.17. The monoisotopic (exact) mass is 198 g/mol. The molecule has 9 heavy (non-hydrogen) atoms. The van der Waals surface area contributed by atoms with Gasteiger partial charge in [0.1, 0.15) is 0 Å². The number of hydrogen-bond donors (Lipinski definition) is 2. The molecule has 0 saturated heterocycles. The molecule has 0 atom stereocenters. The van der Waals surface area contributed by atoms with Gasteiger partial charge in [-0.2, -0.15) is 4.37 Å². The first-order valence-electron chi connectivity index (χ1n) is 1.50. The molecule has 1 aromatic heterocycles. The summed E-state index contributed by atoms with van der Waals surface area (Å²) in [6, 6.07) is 0. The number of thiol groups is 2. The fraction of sp³-hybridized carbons (Fsp3) is 0. The van der Waals surface area contributed by atoms with Crippen LogP contribution in [-0.4, -0.2) is 68.5 Å². The molecule has 0 aliphatic heterocycles. The van der Waals surface area contributed by atoms with Crippen molar-refractivity contribution < 1.29 is 0 Å². The van der Waals surface area contributed by atoms with E-state index in [-0.39, 0.29) is 59.1 Å². The van der Waals surface area contributed by atoms with Crippen molar-refractivity contribution in [2.45, 2.75) is 9.50 Å². The first-order chi connectivity index (χ1) is 3.29. The number of aromatic nitrogens is 2. The second-order valence-corrected chi connectivity index (χ2v) is 2.75. The summed E-state index contributed by atoms with van der Waals surface area (Å²) < 4.78 is 4.39. The van der Waals surface area contributed by atoms with Crippen LogP contribution in [0.5, 0.6) is 0 Å². The summed E-state index contributed by atoms with van der Waals surface area (Å²) in [6.07, 6.45) is 0. The van der Waals surface area contributed by atoms with Crippen molar-refractivity contribution in [3.8, 4) is 0 Å². The van der Waals surface area contributed by atoms with Gasteiger partial charge in [-0.25, -0.2) is 4.98 Å². The van der Waals surface area contributed by atoms with Crippen LogP contribution in [0.15, 0.2) is 9.50 Å². The van der Waals surface area contributed by atoms with Crippen LogP contribution >= 0.6 is 36.8 Å². The Morgan fingerprint density at radius 3 is 1.89 bits per heavy atom. The van der Waals surface area contributed by atoms with E-state index in [9.17, 15) is 0 Å². The van der Waals surface area contributed by atoms with Gasteiger partial charge in [-0.1, -0.05) is 0 Å². The molecule has 1 heterocycles. The van der Waals surface area contributed by atoms with Crippen molar-refractivity contribution in [2.24, 2.45) is 0 Å². The van der Waals surface area contributed by atoms with Gasteiger partial charge in [0.25, 0.3) is 0 Å². The van der Waals surface area contributed by atoms with Crippen molar-refractivity contribution in [3.05, 3.63) is 0 Å². The van der Waals surface area contributed by atoms with Crippen LogP contribution in [0.2, 0.25) is 0 Å². The van der Waals surface area contributed by atoms with Crippen LogP contribution in [-0.2, 0) is 0 Å². The summed E-state index contributed by atoms with van der Waals surface area (Å²) in [5.74, 6) is 0. The van der Waals surface area contributed by atoms with Crippen molar-refractivity contribution in [2.75, 3.05) is 0 Å². The molecule has 42 valence electrons. The maximum absolute atomic E-state index is 3.90. The summed E-state index contributed by atoms with van der Waals surface area (Å²) >= 11 is 8.98. The minimum absolute atomic E-state index is 0. The van der Waals surface area contributed by atoms with E-state index in [2.05, 4.69) is 34.6 Å². The topological polar surface area (TPSA) is 25.8 Å². The fourth-order valence-corrected chi connectivity index (χ4v) is 1.13. The number of nitrogens with zero attached hydrogens (tertiary/aromatic N) is 2. The van der Waals surface area contributed by atoms with Gasteiger partial charge in [0.15, 0.2) is 9.50 Å². The summed E-state index contributed by atoms with van der Waals surface area (Å²) in [4.78, 5) is 3.75. The Bertz CT molecular complexity index is 150. The van der Waals surface area contributed by atoms with E-state index in [4.69, 9.17) is 0 Å². The van der Waals surface area contributed by atoms with Gasteiger partial charge >= 0.3 is 59.1 Å². The van der Waals surface area contributed by atoms with E-state index in [0.29, 0.717) is 9.50 Å². The van der Waals surface area contributed by atoms with Gasteiger partial charge in [-0.05, 0) is 11.5 Å². The molecular formula is C2H4N2Na2S3. The van der Waals surface area contributed by atoms with E-state index >= 15 is 0 Å². The van der Waals surface area contributed by atoms with E-state index in [1.807, 2.05) is 0 Å². The van der Waals surface area contributed by atoms with Crippen LogP contribution < -0.4 is 0 Å². The summed E-state index contributed by atoms with van der Waals surface area (Å²) in [6.45, 7) is 0. The molecule has 0 unspecified atom stereocenters. The van der Waals surface area contributed by atoms with Gasteiger partial charge in [-0.15, -0.1) is 25.3 Å². The molecule has 7 heteroatoms. The molecule has 0 bridgehead atoms. The normalized spacial score (nSPS) is 7.33. The SMILES string of the molecule is Sc1nsc(S)n1.[NaH].[NaH]. The van der Waals surface area contributed by atoms with Gasteiger partial charge < -0.3 is 0 Å². The zero-order valence-electron chi connectivity index (χ0n) is 3.20. The standard InChI is InChI=1S/C2H2N2S3.2Na.2H/c5-1-3-2(6)7-4-1;;;;/h(H2,3,4,5,6);;;;. The summed E-state index contributed by atoms with van der Waals surface area (Å²) in [5.41, 5.74) is 0. The summed E-state index contributed by atoms with van der Waals surface area (Å²) in [5, 5.41) is 0.495. The molecule has 1 aromatic rings. The predicted molar refractivity (Wildman–Crippen MR) is 48.7 cm³/mol. The maximum atomic E-state index is 3.90. The van der Waals surface area contributed by atoms with E-state index in [1.165, 1.54) is 11.5 Å². The van der Waals surface area contributed by atoms with Crippen molar-refractivity contribution in [1.29, 1.82) is 0 Å². The average Bonchev–Trinajstić information content (AvgIpc) is 1.87. The zero-order chi connectivity index (χ0) is 5.28. The molecule has 1 rings (SSSR count). The quantitative estimate of drug-likeness (QED) is 0.447. The molecule has 0 aromatic carbocycles. The van der Waals surface area contributed by atoms with Crippen molar-refractivity contribution in [1.82, 2.24) is 9.36 Å². The first kappa shape index (κ1) is 13.8. The number of hydrogen-bond acceptors (Lipinski definition) is 5. The van der Waals surface area contributed by atoms with Crippen molar-refractivity contribution in [3.63, 3.8) is 0 Å². The predicted octanol–water partition coefficient (Wildman–Crippen LogP) is -0.182. The average molecular weight is 198 g/mol. The molecule has 0 aliphatic rings. The molecule has 0 radical (unpaired) electrons. The zero-order valence-corrected chi connectivity index (χ0v) is 5.80. The van der Waals surface area contributed by atoms with Crippen LogP contribution in [0.25, 0.3) is 0 Å². The Balaban J connectivity index is 0. The van der Waals surface area contributed by atoms with Gasteiger partial charge in [0, 0.05) is 0 Å². The molecule has 0 fully saturated rings. The number of rotatable bonds is 0. The second kappa shape index (κ2) is 6.94. The van der Waals surface area contributed by atoms with Gasteiger partial charge in [-0.3, -0.25) is 0 Å². The Morgan fingerprint density at radius 1 is 1.22 bits per heavy atom. The third kappa shape index (κ3) is 5.52. The Kier molecular flexibility index (Phi) is 10.7. The Hall–Kier alpha value is 2.26. The summed E-state index contributed by atoms with van der Waals surface area (Å²) in [7, 11) is 0. The van der Waals surface area contributed by atoms with Crippen LogP contribution in [0, 0.1) is 0 Å². The molecule has 0 saturated carbocycles. The van der Waals surface area contributed by atoms with Crippen LogP contribution in [0.1, 0.15) is 0 Å². The molecule has 0 aliphatic carbocycles. The molecule has 0 N–H and O–H groups in total. The molecule has 2 nitrogen and oxygen atoms in total. The van der Waals surface area contributed by atoms with E-state index < -0.39 is 0 Å². The van der Waals surface area contributed by atoms with Crippen LogP contribution in [0.3, 0.4) is 0 Å². The second-order valence-electron chi connectivity index (χ2n) is 0.877.